The van der Waals surface area contributed by atoms with Gasteiger partial charge in [-0.05, 0) is 97.2 Å². The summed E-state index contributed by atoms with van der Waals surface area (Å²) >= 11 is 0. The average Bonchev–Trinajstić information content (AvgIpc) is 3.09. The Balaban J connectivity index is 0.00000152. The quantitative estimate of drug-likeness (QED) is 0.221. The van der Waals surface area contributed by atoms with E-state index in [0.717, 1.165) is 57.2 Å². The normalized spacial score (nSPS) is 29.6. The Morgan fingerprint density at radius 1 is 1.06 bits per heavy atom. The summed E-state index contributed by atoms with van der Waals surface area (Å²) in [4.78, 5) is 0. The molecule has 0 heterocycles. The number of aromatic hydroxyl groups is 1. The molecule has 2 saturated carbocycles. The molecule has 36 heavy (non-hydrogen) atoms. The Hall–Kier alpha value is -1.05. The van der Waals surface area contributed by atoms with E-state index in [2.05, 4.69) is 54.4 Å². The van der Waals surface area contributed by atoms with Crippen molar-refractivity contribution in [3.8, 4) is 17.6 Å². The number of aryl methyl sites for hydroxylation is 1. The van der Waals surface area contributed by atoms with Gasteiger partial charge < -0.3 is 46.1 Å². The molecule has 3 unspecified atom stereocenters. The van der Waals surface area contributed by atoms with Crippen LogP contribution in [-0.4, -0.2) is 28.9 Å². The van der Waals surface area contributed by atoms with Crippen LogP contribution in [0.4, 0.5) is 0 Å². The summed E-state index contributed by atoms with van der Waals surface area (Å²) in [6.07, 6.45) is 6.05. The van der Waals surface area contributed by atoms with E-state index in [0.29, 0.717) is 30.0 Å². The van der Waals surface area contributed by atoms with E-state index in [9.17, 15) is 10.2 Å². The van der Waals surface area contributed by atoms with Crippen LogP contribution in [0, 0.1) is 29.1 Å². The Morgan fingerprint density at radius 2 is 1.81 bits per heavy atom. The fourth-order valence-corrected chi connectivity index (χ4v) is 7.01. The molecule has 0 aromatic heterocycles. The standard InChI is InChI=1S/C29H36N2O2.2ClH.Pt/c1-28-13-11-25-24-9-7-23(32)18-22(24)6-8-26(25)27(28)12-15-29(28,33)14-10-20-2-4-21(5-3-20)19-31-17-16-30;;;/h2-5,7,9,18,25-27,31-33H,6,8,11-13,15-17,19,30H2,1H3;2*1H;/q;;;+2/p-2/t25?,26?,27?,28-,29-;;;/m0.../s1. The molecular weight excluding hydrogens is 674 g/mol. The van der Waals surface area contributed by atoms with E-state index in [4.69, 9.17) is 5.73 Å². The summed E-state index contributed by atoms with van der Waals surface area (Å²) in [6.45, 7) is 4.54. The topological polar surface area (TPSA) is 78.5 Å². The SMILES string of the molecule is C[C@]12CCC3c4ccc(O)cc4CCC3C1CC[C@@]2(O)C#Cc1ccc(CNCCN)cc1.[Cl-].[Cl-].[Pt+2]. The number of fused-ring (bicyclic) bond motifs is 5. The molecule has 2 aromatic rings. The van der Waals surface area contributed by atoms with Crippen LogP contribution in [0.2, 0.25) is 0 Å². The van der Waals surface area contributed by atoms with Crippen LogP contribution in [0.25, 0.3) is 0 Å². The van der Waals surface area contributed by atoms with Crippen molar-refractivity contribution in [3.63, 3.8) is 0 Å². The van der Waals surface area contributed by atoms with Gasteiger partial charge >= 0.3 is 21.1 Å². The van der Waals surface area contributed by atoms with E-state index in [1.807, 2.05) is 12.1 Å². The molecule has 2 aromatic carbocycles. The number of hydrogen-bond acceptors (Lipinski definition) is 4. The Labute approximate surface area is 242 Å². The van der Waals surface area contributed by atoms with Crippen LogP contribution in [-0.2, 0) is 34.0 Å². The molecule has 0 saturated heterocycles. The van der Waals surface area contributed by atoms with Gasteiger partial charge in [0, 0.05) is 30.6 Å². The maximum atomic E-state index is 11.8. The number of aliphatic hydroxyl groups is 1. The second kappa shape index (κ2) is 12.7. The number of phenols is 1. The fraction of sp³-hybridized carbons (Fsp3) is 0.517. The summed E-state index contributed by atoms with van der Waals surface area (Å²) in [5, 5.41) is 25.0. The van der Waals surface area contributed by atoms with Gasteiger partial charge in [-0.2, -0.15) is 0 Å². The summed E-state index contributed by atoms with van der Waals surface area (Å²) in [5.74, 6) is 8.66. The Morgan fingerprint density at radius 3 is 2.53 bits per heavy atom. The van der Waals surface area contributed by atoms with Crippen molar-refractivity contribution in [2.75, 3.05) is 13.1 Å². The van der Waals surface area contributed by atoms with Gasteiger partial charge in [0.2, 0.25) is 0 Å². The van der Waals surface area contributed by atoms with Crippen molar-refractivity contribution in [3.05, 3.63) is 64.7 Å². The van der Waals surface area contributed by atoms with Gasteiger partial charge in [-0.15, -0.1) is 0 Å². The number of benzene rings is 2. The third kappa shape index (κ3) is 5.68. The predicted octanol–water partition coefficient (Wildman–Crippen LogP) is -1.92. The van der Waals surface area contributed by atoms with Crippen molar-refractivity contribution in [1.82, 2.24) is 5.32 Å². The fourth-order valence-electron chi connectivity index (χ4n) is 7.01. The molecule has 3 aliphatic rings. The summed E-state index contributed by atoms with van der Waals surface area (Å²) in [7, 11) is 0. The smallest absolute Gasteiger partial charge is 1.00 e. The maximum absolute atomic E-state index is 11.8. The second-order valence-corrected chi connectivity index (χ2v) is 10.6. The monoisotopic (exact) mass is 709 g/mol. The number of nitrogens with two attached hydrogens (primary N) is 1. The average molecular weight is 711 g/mol. The first-order valence-electron chi connectivity index (χ1n) is 12.5. The van der Waals surface area contributed by atoms with Gasteiger partial charge in [-0.1, -0.05) is 37.0 Å². The molecule has 4 nitrogen and oxygen atoms in total. The molecule has 5 N–H and O–H groups in total. The summed E-state index contributed by atoms with van der Waals surface area (Å²) < 4.78 is 0. The number of hydrogen-bond donors (Lipinski definition) is 4. The van der Waals surface area contributed by atoms with Crippen LogP contribution in [0.15, 0.2) is 42.5 Å². The number of rotatable bonds is 4. The molecular formula is C29H36Cl2N2O2Pt. The van der Waals surface area contributed by atoms with Crippen LogP contribution in [0.5, 0.6) is 5.75 Å². The maximum Gasteiger partial charge on any atom is 2.00 e. The molecule has 0 amide bonds. The van der Waals surface area contributed by atoms with Crippen molar-refractivity contribution in [2.45, 2.75) is 63.5 Å². The van der Waals surface area contributed by atoms with Crippen LogP contribution in [0.1, 0.15) is 67.2 Å². The third-order valence-electron chi connectivity index (χ3n) is 8.88. The van der Waals surface area contributed by atoms with E-state index < -0.39 is 5.60 Å². The van der Waals surface area contributed by atoms with Crippen molar-refractivity contribution in [1.29, 1.82) is 0 Å². The van der Waals surface area contributed by atoms with Crippen molar-refractivity contribution >= 4 is 0 Å². The molecule has 2 fully saturated rings. The second-order valence-electron chi connectivity index (χ2n) is 10.6. The van der Waals surface area contributed by atoms with Gasteiger partial charge in [0.15, 0.2) is 0 Å². The predicted molar refractivity (Wildman–Crippen MR) is 132 cm³/mol. The van der Waals surface area contributed by atoms with Crippen LogP contribution in [0.3, 0.4) is 0 Å². The molecule has 5 rings (SSSR count). The summed E-state index contributed by atoms with van der Waals surface area (Å²) in [5.41, 5.74) is 9.35. The molecule has 7 heteroatoms. The molecule has 3 aliphatic carbocycles. The molecule has 198 valence electrons. The first kappa shape index (κ1) is 31.2. The molecule has 0 bridgehead atoms. The molecule has 0 radical (unpaired) electrons. The van der Waals surface area contributed by atoms with Crippen molar-refractivity contribution < 1.29 is 56.1 Å². The zero-order valence-electron chi connectivity index (χ0n) is 20.7. The van der Waals surface area contributed by atoms with E-state index >= 15 is 0 Å². The minimum Gasteiger partial charge on any atom is -1.00 e. The molecule has 5 atom stereocenters. The zero-order valence-corrected chi connectivity index (χ0v) is 24.5. The minimum atomic E-state index is -0.931. The van der Waals surface area contributed by atoms with E-state index in [-0.39, 0.29) is 51.3 Å². The molecule has 0 spiro atoms. The minimum absolute atomic E-state index is 0. The van der Waals surface area contributed by atoms with Gasteiger partial charge in [-0.25, -0.2) is 0 Å². The Bertz CT molecular complexity index is 1090. The largest absolute Gasteiger partial charge is 2.00 e. The van der Waals surface area contributed by atoms with Gasteiger partial charge in [-0.3, -0.25) is 0 Å². The summed E-state index contributed by atoms with van der Waals surface area (Å²) in [6, 6.07) is 14.2. The zero-order chi connectivity index (χ0) is 23.1. The molecule has 0 aliphatic heterocycles. The van der Waals surface area contributed by atoms with Gasteiger partial charge in [0.05, 0.1) is 0 Å². The van der Waals surface area contributed by atoms with E-state index in [1.165, 1.54) is 16.7 Å². The van der Waals surface area contributed by atoms with Crippen LogP contribution < -0.4 is 35.9 Å². The van der Waals surface area contributed by atoms with Gasteiger partial charge in [0.25, 0.3) is 0 Å². The van der Waals surface area contributed by atoms with Gasteiger partial charge in [0.1, 0.15) is 11.4 Å². The Kier molecular flexibility index (Phi) is 11.0. The first-order chi connectivity index (χ1) is 15.9. The number of phenolic OH excluding ortho intramolecular Hbond substituents is 1. The van der Waals surface area contributed by atoms with E-state index in [1.54, 1.807) is 0 Å². The van der Waals surface area contributed by atoms with Crippen molar-refractivity contribution in [2.24, 2.45) is 23.0 Å². The third-order valence-corrected chi connectivity index (χ3v) is 8.88. The first-order valence-corrected chi connectivity index (χ1v) is 12.5. The van der Waals surface area contributed by atoms with Crippen LogP contribution >= 0.6 is 0 Å². The number of halogens is 2. The number of nitrogens with one attached hydrogen (secondary N) is 1.